The highest BCUT2D eigenvalue weighted by atomic mass is 19.1. The molecule has 1 amide bonds. The number of anilines is 3. The molecule has 8 nitrogen and oxygen atoms in total. The van der Waals surface area contributed by atoms with Gasteiger partial charge in [-0.2, -0.15) is 0 Å². The summed E-state index contributed by atoms with van der Waals surface area (Å²) in [6.45, 7) is 6.95. The zero-order chi connectivity index (χ0) is 29.1. The second kappa shape index (κ2) is 11.2. The number of nitrogens with zero attached hydrogens (tertiary/aromatic N) is 4. The molecule has 3 aromatic carbocycles. The van der Waals surface area contributed by atoms with Crippen LogP contribution < -0.4 is 16.2 Å². The Balaban J connectivity index is 1.37. The first-order valence-electron chi connectivity index (χ1n) is 13.2. The average molecular weight is 551 g/mol. The van der Waals surface area contributed by atoms with Crippen molar-refractivity contribution in [2.75, 3.05) is 10.6 Å². The van der Waals surface area contributed by atoms with Crippen molar-refractivity contribution in [3.05, 3.63) is 125 Å². The van der Waals surface area contributed by atoms with Gasteiger partial charge in [-0.25, -0.2) is 14.4 Å². The van der Waals surface area contributed by atoms with Crippen molar-refractivity contribution in [1.29, 1.82) is 0 Å². The number of aryl methyl sites for hydroxylation is 1. The molecule has 0 aliphatic rings. The normalized spacial score (nSPS) is 11.3. The van der Waals surface area contributed by atoms with Gasteiger partial charge in [0.1, 0.15) is 0 Å². The maximum atomic E-state index is 15.7. The summed E-state index contributed by atoms with van der Waals surface area (Å²) in [5, 5.41) is 5.72. The van der Waals surface area contributed by atoms with Crippen LogP contribution in [0.25, 0.3) is 11.3 Å². The Morgan fingerprint density at radius 3 is 2.39 bits per heavy atom. The number of carbonyl (C=O) groups is 1. The highest BCUT2D eigenvalue weighted by Gasteiger charge is 2.18. The lowest BCUT2D eigenvalue weighted by molar-refractivity contribution is 0.102. The summed E-state index contributed by atoms with van der Waals surface area (Å²) in [7, 11) is 1.58. The molecule has 0 bridgehead atoms. The van der Waals surface area contributed by atoms with Crippen molar-refractivity contribution < 1.29 is 9.18 Å². The van der Waals surface area contributed by atoms with Gasteiger partial charge in [0.15, 0.2) is 11.6 Å². The van der Waals surface area contributed by atoms with E-state index < -0.39 is 11.7 Å². The Morgan fingerprint density at radius 2 is 1.73 bits per heavy atom. The third-order valence-corrected chi connectivity index (χ3v) is 6.75. The second-order valence-corrected chi connectivity index (χ2v) is 10.9. The van der Waals surface area contributed by atoms with Crippen LogP contribution in [0.2, 0.25) is 0 Å². The monoisotopic (exact) mass is 550 g/mol. The van der Waals surface area contributed by atoms with Crippen molar-refractivity contribution in [3.8, 4) is 11.3 Å². The molecule has 0 aliphatic carbocycles. The Bertz CT molecular complexity index is 1740. The van der Waals surface area contributed by atoms with Gasteiger partial charge in [0.2, 0.25) is 0 Å². The standard InChI is InChI=1S/C32H31FN6O2/c1-32(2,3)23-12-10-22(11-13-23)30(40)37-26-7-5-6-25(28(26)33)27-19-38(4)31(41)29(36-27)35-24-14-8-21(9-15-24)18-39-17-16-34-20-39/h5-17,19-20H,18H2,1-4H3,(H,35,36)(H,37,40). The molecule has 0 spiro atoms. The van der Waals surface area contributed by atoms with Crippen LogP contribution in [0, 0.1) is 5.82 Å². The first-order valence-corrected chi connectivity index (χ1v) is 13.2. The molecular formula is C32H31FN6O2. The van der Waals surface area contributed by atoms with Crippen molar-refractivity contribution >= 4 is 23.1 Å². The lowest BCUT2D eigenvalue weighted by Crippen LogP contribution is -2.21. The fraction of sp³-hybridized carbons (Fsp3) is 0.188. The summed E-state index contributed by atoms with van der Waals surface area (Å²) < 4.78 is 19.0. The van der Waals surface area contributed by atoms with Crippen LogP contribution in [-0.4, -0.2) is 25.0 Å². The molecule has 2 N–H and O–H groups in total. The highest BCUT2D eigenvalue weighted by molar-refractivity contribution is 6.04. The molecular weight excluding hydrogens is 519 g/mol. The molecule has 0 unspecified atom stereocenters. The Kier molecular flexibility index (Phi) is 7.52. The molecule has 9 heteroatoms. The minimum Gasteiger partial charge on any atom is -0.336 e. The van der Waals surface area contributed by atoms with E-state index in [0.29, 0.717) is 17.8 Å². The summed E-state index contributed by atoms with van der Waals surface area (Å²) >= 11 is 0. The Hall–Kier alpha value is -5.05. The fourth-order valence-electron chi connectivity index (χ4n) is 4.38. The highest BCUT2D eigenvalue weighted by Crippen LogP contribution is 2.28. The van der Waals surface area contributed by atoms with E-state index >= 15 is 4.39 Å². The average Bonchev–Trinajstić information content (AvgIpc) is 3.46. The molecule has 5 rings (SSSR count). The number of hydrogen-bond acceptors (Lipinski definition) is 5. The zero-order valence-corrected chi connectivity index (χ0v) is 23.4. The summed E-state index contributed by atoms with van der Waals surface area (Å²) in [5.74, 6) is -1.01. The SMILES string of the molecule is Cn1cc(-c2cccc(NC(=O)c3ccc(C(C)(C)C)cc3)c2F)nc(Nc2ccc(Cn3ccnc3)cc2)c1=O. The van der Waals surface area contributed by atoms with E-state index in [2.05, 4.69) is 41.4 Å². The van der Waals surface area contributed by atoms with Crippen molar-refractivity contribution in [2.45, 2.75) is 32.7 Å². The van der Waals surface area contributed by atoms with Crippen LogP contribution in [0.3, 0.4) is 0 Å². The molecule has 0 saturated carbocycles. The molecule has 41 heavy (non-hydrogen) atoms. The third kappa shape index (κ3) is 6.24. The van der Waals surface area contributed by atoms with E-state index in [4.69, 9.17) is 0 Å². The summed E-state index contributed by atoms with van der Waals surface area (Å²) in [4.78, 5) is 34.2. The topological polar surface area (TPSA) is 93.8 Å². The van der Waals surface area contributed by atoms with Crippen LogP contribution in [0.1, 0.15) is 42.3 Å². The minimum atomic E-state index is -0.645. The van der Waals surface area contributed by atoms with Gasteiger partial charge in [-0.05, 0) is 52.9 Å². The number of halogens is 1. The van der Waals surface area contributed by atoms with Crippen LogP contribution in [-0.2, 0) is 19.0 Å². The van der Waals surface area contributed by atoms with E-state index in [0.717, 1.165) is 11.1 Å². The summed E-state index contributed by atoms with van der Waals surface area (Å²) in [5.41, 5.74) is 3.26. The molecule has 5 aromatic rings. The second-order valence-electron chi connectivity index (χ2n) is 10.9. The zero-order valence-electron chi connectivity index (χ0n) is 23.4. The number of nitrogens with one attached hydrogen (secondary N) is 2. The number of rotatable bonds is 7. The summed E-state index contributed by atoms with van der Waals surface area (Å²) in [6.07, 6.45) is 6.82. The van der Waals surface area contributed by atoms with E-state index in [1.807, 2.05) is 47.2 Å². The molecule has 0 radical (unpaired) electrons. The van der Waals surface area contributed by atoms with Crippen molar-refractivity contribution in [1.82, 2.24) is 19.1 Å². The number of imidazole rings is 1. The Morgan fingerprint density at radius 1 is 1.00 bits per heavy atom. The smallest absolute Gasteiger partial charge is 0.293 e. The van der Waals surface area contributed by atoms with Gasteiger partial charge in [-0.3, -0.25) is 9.59 Å². The van der Waals surface area contributed by atoms with Crippen molar-refractivity contribution in [3.63, 3.8) is 0 Å². The van der Waals surface area contributed by atoms with Gasteiger partial charge in [-0.15, -0.1) is 0 Å². The van der Waals surface area contributed by atoms with Gasteiger partial charge >= 0.3 is 0 Å². The third-order valence-electron chi connectivity index (χ3n) is 6.75. The lowest BCUT2D eigenvalue weighted by atomic mass is 9.87. The van der Waals surface area contributed by atoms with Gasteiger partial charge in [0.05, 0.1) is 17.7 Å². The maximum Gasteiger partial charge on any atom is 0.293 e. The molecule has 0 saturated heterocycles. The van der Waals surface area contributed by atoms with Crippen molar-refractivity contribution in [2.24, 2.45) is 7.05 Å². The van der Waals surface area contributed by atoms with Gasteiger partial charge in [0.25, 0.3) is 11.5 Å². The predicted octanol–water partition coefficient (Wildman–Crippen LogP) is 6.12. The van der Waals surface area contributed by atoms with Crippen LogP contribution in [0.4, 0.5) is 21.6 Å². The van der Waals surface area contributed by atoms with E-state index in [-0.39, 0.29) is 33.7 Å². The number of hydrogen-bond donors (Lipinski definition) is 2. The number of amides is 1. The molecule has 0 aliphatic heterocycles. The van der Waals surface area contributed by atoms with Crippen LogP contribution >= 0.6 is 0 Å². The minimum absolute atomic E-state index is 0.0195. The molecule has 0 atom stereocenters. The molecule has 0 fully saturated rings. The van der Waals surface area contributed by atoms with Crippen LogP contribution in [0.15, 0.2) is 96.4 Å². The molecule has 2 aromatic heterocycles. The van der Waals surface area contributed by atoms with Gasteiger partial charge < -0.3 is 19.8 Å². The molecule has 2 heterocycles. The van der Waals surface area contributed by atoms with Crippen LogP contribution in [0.5, 0.6) is 0 Å². The lowest BCUT2D eigenvalue weighted by Gasteiger charge is -2.19. The maximum absolute atomic E-state index is 15.7. The Labute approximate surface area is 237 Å². The number of aromatic nitrogens is 4. The number of benzene rings is 3. The summed E-state index contributed by atoms with van der Waals surface area (Å²) in [6, 6.07) is 19.5. The van der Waals surface area contributed by atoms with E-state index in [1.54, 1.807) is 43.8 Å². The predicted molar refractivity (Wildman–Crippen MR) is 159 cm³/mol. The first-order chi connectivity index (χ1) is 19.6. The van der Waals surface area contributed by atoms with Gasteiger partial charge in [0, 0.05) is 49.0 Å². The first kappa shape index (κ1) is 27.5. The molecule has 208 valence electrons. The number of carbonyl (C=O) groups excluding carboxylic acids is 1. The largest absolute Gasteiger partial charge is 0.336 e. The van der Waals surface area contributed by atoms with E-state index in [1.165, 1.54) is 16.8 Å². The fourth-order valence-corrected chi connectivity index (χ4v) is 4.38. The van der Waals surface area contributed by atoms with Gasteiger partial charge in [-0.1, -0.05) is 51.1 Å². The quantitative estimate of drug-likeness (QED) is 0.255. The van der Waals surface area contributed by atoms with E-state index in [9.17, 15) is 9.59 Å².